The lowest BCUT2D eigenvalue weighted by Crippen LogP contribution is -2.52. The van der Waals surface area contributed by atoms with Gasteiger partial charge in [0.05, 0.1) is 23.2 Å². The zero-order valence-electron chi connectivity index (χ0n) is 19.3. The summed E-state index contributed by atoms with van der Waals surface area (Å²) >= 11 is 0. The van der Waals surface area contributed by atoms with E-state index in [9.17, 15) is 40.7 Å². The molecule has 2 N–H and O–H groups in total. The lowest BCUT2D eigenvalue weighted by Gasteiger charge is -2.35. The Kier molecular flexibility index (Phi) is 6.62. The Morgan fingerprint density at radius 1 is 1.05 bits per heavy atom. The second kappa shape index (κ2) is 9.30. The van der Waals surface area contributed by atoms with Gasteiger partial charge in [-0.1, -0.05) is 0 Å². The standard InChI is InChI=1S/C21H21F6N7O3/c1-19(3-2-12-14(21(25,26)27)16(36)32-31-15(12)19)17(37)28-10-13(35)33-4-6-34(7-5-33)18-29-8-11(9-30-18)20(22,23)24/h8-9H,2-7,10H2,1H3,(H,28,37)(H,32,36)/t19-/m1/s1. The zero-order valence-corrected chi connectivity index (χ0v) is 19.3. The van der Waals surface area contributed by atoms with Gasteiger partial charge in [0.25, 0.3) is 5.56 Å². The Hall–Kier alpha value is -3.72. The van der Waals surface area contributed by atoms with Crippen LogP contribution in [0.25, 0.3) is 0 Å². The molecule has 0 unspecified atom stereocenters. The monoisotopic (exact) mass is 533 g/mol. The van der Waals surface area contributed by atoms with Gasteiger partial charge in [0, 0.05) is 38.6 Å². The number of aromatic nitrogens is 4. The van der Waals surface area contributed by atoms with Crippen LogP contribution in [0.3, 0.4) is 0 Å². The molecule has 0 saturated carbocycles. The maximum atomic E-state index is 13.4. The molecule has 10 nitrogen and oxygen atoms in total. The van der Waals surface area contributed by atoms with E-state index in [1.807, 2.05) is 5.10 Å². The molecule has 16 heteroatoms. The third-order valence-corrected chi connectivity index (χ3v) is 6.55. The summed E-state index contributed by atoms with van der Waals surface area (Å²) in [5.74, 6) is -1.07. The number of hydrogen-bond acceptors (Lipinski definition) is 7. The van der Waals surface area contributed by atoms with Crippen LogP contribution in [-0.4, -0.2) is 69.6 Å². The van der Waals surface area contributed by atoms with E-state index in [4.69, 9.17) is 0 Å². The van der Waals surface area contributed by atoms with E-state index in [1.165, 1.54) is 11.8 Å². The number of amides is 2. The molecule has 0 spiro atoms. The van der Waals surface area contributed by atoms with Crippen molar-refractivity contribution in [3.05, 3.63) is 45.1 Å². The number of alkyl halides is 6. The molecule has 1 aliphatic heterocycles. The summed E-state index contributed by atoms with van der Waals surface area (Å²) in [7, 11) is 0. The van der Waals surface area contributed by atoms with E-state index in [0.717, 1.165) is 0 Å². The Morgan fingerprint density at radius 3 is 2.24 bits per heavy atom. The van der Waals surface area contributed by atoms with Crippen molar-refractivity contribution in [3.8, 4) is 0 Å². The Labute approximate surface area is 205 Å². The average molecular weight is 533 g/mol. The summed E-state index contributed by atoms with van der Waals surface area (Å²) < 4.78 is 78.1. The maximum absolute atomic E-state index is 13.4. The van der Waals surface area contributed by atoms with Crippen LogP contribution in [0.1, 0.15) is 35.7 Å². The molecule has 1 aliphatic carbocycles. The van der Waals surface area contributed by atoms with Crippen molar-refractivity contribution < 1.29 is 35.9 Å². The van der Waals surface area contributed by atoms with E-state index in [1.54, 1.807) is 4.90 Å². The minimum atomic E-state index is -4.91. The van der Waals surface area contributed by atoms with Crippen molar-refractivity contribution in [1.82, 2.24) is 30.4 Å². The van der Waals surface area contributed by atoms with Crippen molar-refractivity contribution >= 4 is 17.8 Å². The number of halogens is 6. The minimum absolute atomic E-state index is 0.0263. The highest BCUT2D eigenvalue weighted by Crippen LogP contribution is 2.41. The second-order valence-corrected chi connectivity index (χ2v) is 8.90. The van der Waals surface area contributed by atoms with Crippen LogP contribution < -0.4 is 15.8 Å². The molecule has 2 amide bonds. The van der Waals surface area contributed by atoms with Crippen molar-refractivity contribution in [1.29, 1.82) is 0 Å². The normalized spacial score (nSPS) is 20.1. The van der Waals surface area contributed by atoms with Gasteiger partial charge >= 0.3 is 12.4 Å². The predicted octanol–water partition coefficient (Wildman–Crippen LogP) is 1.27. The number of hydrogen-bond donors (Lipinski definition) is 2. The fourth-order valence-electron chi connectivity index (χ4n) is 4.45. The number of piperazine rings is 1. The summed E-state index contributed by atoms with van der Waals surface area (Å²) in [4.78, 5) is 47.7. The fraction of sp³-hybridized carbons (Fsp3) is 0.524. The second-order valence-electron chi connectivity index (χ2n) is 8.90. The number of aromatic amines is 1. The Morgan fingerprint density at radius 2 is 1.68 bits per heavy atom. The van der Waals surface area contributed by atoms with Crippen LogP contribution in [-0.2, 0) is 33.8 Å². The number of nitrogens with one attached hydrogen (secondary N) is 2. The zero-order chi connectivity index (χ0) is 27.2. The van der Waals surface area contributed by atoms with Gasteiger partial charge in [-0.3, -0.25) is 14.4 Å². The first kappa shape index (κ1) is 26.3. The van der Waals surface area contributed by atoms with Gasteiger partial charge < -0.3 is 15.1 Å². The van der Waals surface area contributed by atoms with E-state index in [2.05, 4.69) is 20.4 Å². The third-order valence-electron chi connectivity index (χ3n) is 6.55. The van der Waals surface area contributed by atoms with Gasteiger partial charge in [0.15, 0.2) is 0 Å². The van der Waals surface area contributed by atoms with E-state index in [-0.39, 0.29) is 56.2 Å². The van der Waals surface area contributed by atoms with Crippen molar-refractivity contribution in [3.63, 3.8) is 0 Å². The van der Waals surface area contributed by atoms with Crippen LogP contribution in [0, 0.1) is 0 Å². The lowest BCUT2D eigenvalue weighted by atomic mass is 9.86. The van der Waals surface area contributed by atoms with Crippen LogP contribution in [0.2, 0.25) is 0 Å². The number of anilines is 1. The summed E-state index contributed by atoms with van der Waals surface area (Å²) in [6, 6.07) is 0. The molecule has 3 heterocycles. The maximum Gasteiger partial charge on any atom is 0.422 e. The minimum Gasteiger partial charge on any atom is -0.346 e. The van der Waals surface area contributed by atoms with Crippen LogP contribution >= 0.6 is 0 Å². The van der Waals surface area contributed by atoms with Gasteiger partial charge in [0.1, 0.15) is 5.56 Å². The third kappa shape index (κ3) is 5.09. The quantitative estimate of drug-likeness (QED) is 0.568. The number of fused-ring (bicyclic) bond motifs is 1. The molecule has 37 heavy (non-hydrogen) atoms. The summed E-state index contributed by atoms with van der Waals surface area (Å²) in [6.07, 6.45) is -8.31. The number of carbonyl (C=O) groups is 2. The topological polar surface area (TPSA) is 124 Å². The van der Waals surface area contributed by atoms with Gasteiger partial charge in [0.2, 0.25) is 17.8 Å². The fourth-order valence-corrected chi connectivity index (χ4v) is 4.45. The van der Waals surface area contributed by atoms with Crippen molar-refractivity contribution in [2.24, 2.45) is 0 Å². The highest BCUT2D eigenvalue weighted by molar-refractivity contribution is 5.92. The molecule has 2 aromatic rings. The van der Waals surface area contributed by atoms with E-state index in [0.29, 0.717) is 12.4 Å². The molecule has 0 radical (unpaired) electrons. The average Bonchev–Trinajstić information content (AvgIpc) is 3.18. The van der Waals surface area contributed by atoms with Gasteiger partial charge in [-0.15, -0.1) is 0 Å². The molecule has 1 saturated heterocycles. The molecule has 200 valence electrons. The molecular formula is C21H21F6N7O3. The Balaban J connectivity index is 1.35. The van der Waals surface area contributed by atoms with Crippen LogP contribution in [0.15, 0.2) is 17.2 Å². The van der Waals surface area contributed by atoms with Crippen LogP contribution in [0.5, 0.6) is 0 Å². The highest BCUT2D eigenvalue weighted by atomic mass is 19.4. The van der Waals surface area contributed by atoms with Gasteiger partial charge in [-0.2, -0.15) is 31.4 Å². The molecule has 1 fully saturated rings. The van der Waals surface area contributed by atoms with Gasteiger partial charge in [-0.05, 0) is 25.3 Å². The first-order valence-corrected chi connectivity index (χ1v) is 11.1. The molecule has 0 bridgehead atoms. The summed E-state index contributed by atoms with van der Waals surface area (Å²) in [6.45, 7) is 1.85. The van der Waals surface area contributed by atoms with Crippen molar-refractivity contribution in [2.75, 3.05) is 37.6 Å². The molecular weight excluding hydrogens is 512 g/mol. The number of nitrogens with zero attached hydrogens (tertiary/aromatic N) is 5. The first-order chi connectivity index (χ1) is 17.2. The predicted molar refractivity (Wildman–Crippen MR) is 114 cm³/mol. The molecule has 1 atom stereocenters. The largest absolute Gasteiger partial charge is 0.422 e. The number of carbonyl (C=O) groups excluding carboxylic acids is 2. The highest BCUT2D eigenvalue weighted by Gasteiger charge is 2.48. The van der Waals surface area contributed by atoms with E-state index < -0.39 is 52.8 Å². The molecule has 0 aromatic carbocycles. The molecule has 4 rings (SSSR count). The summed E-state index contributed by atoms with van der Waals surface area (Å²) in [5.41, 5.74) is -5.72. The Bertz CT molecular complexity index is 1250. The molecule has 2 aliphatic rings. The smallest absolute Gasteiger partial charge is 0.346 e. The first-order valence-electron chi connectivity index (χ1n) is 11.1. The number of H-pyrrole nitrogens is 1. The number of rotatable bonds is 4. The summed E-state index contributed by atoms with van der Waals surface area (Å²) in [5, 5.41) is 7.97. The lowest BCUT2D eigenvalue weighted by molar-refractivity contribution is -0.139. The SMILES string of the molecule is C[C@@]1(C(=O)NCC(=O)N2CCN(c3ncc(C(F)(F)F)cn3)CC2)CCc2c1n[nH]c(=O)c2C(F)(F)F. The molecule has 2 aromatic heterocycles. The van der Waals surface area contributed by atoms with E-state index >= 15 is 0 Å². The van der Waals surface area contributed by atoms with Crippen LogP contribution in [0.4, 0.5) is 32.3 Å². The van der Waals surface area contributed by atoms with Gasteiger partial charge in [-0.25, -0.2) is 15.1 Å². The van der Waals surface area contributed by atoms with Crippen molar-refractivity contribution in [2.45, 2.75) is 37.5 Å².